The predicted octanol–water partition coefficient (Wildman–Crippen LogP) is 11.0. The Hall–Kier alpha value is -1.36. The Kier molecular flexibility index (Phi) is 11.0. The maximum Gasteiger partial charge on any atom is 0.306 e. The number of hydrogen-bond donors (Lipinski definition) is 1. The molecule has 5 rings (SSSR count). The molecule has 0 aromatic heterocycles. The lowest BCUT2D eigenvalue weighted by molar-refractivity contribution is -0.250. The lowest BCUT2D eigenvalue weighted by Gasteiger charge is -2.73. The molecule has 0 bridgehead atoms. The molecular weight excluding hydrogens is 606 g/mol. The molecule has 0 aliphatic heterocycles. The van der Waals surface area contributed by atoms with Crippen LogP contribution in [0.5, 0.6) is 0 Å². The molecule has 1 N–H and O–H groups in total. The van der Waals surface area contributed by atoms with Crippen LogP contribution in [0.4, 0.5) is 0 Å². The summed E-state index contributed by atoms with van der Waals surface area (Å²) in [6, 6.07) is 0. The third-order valence-electron chi connectivity index (χ3n) is 16.8. The fourth-order valence-electron chi connectivity index (χ4n) is 14.4. The van der Waals surface area contributed by atoms with Crippen molar-refractivity contribution >= 4 is 11.9 Å². The van der Waals surface area contributed by atoms with E-state index in [0.717, 1.165) is 24.7 Å². The number of ether oxygens (including phenoxy) is 1. The van der Waals surface area contributed by atoms with Gasteiger partial charge in [0.25, 0.3) is 0 Å². The van der Waals surface area contributed by atoms with Crippen molar-refractivity contribution in [2.75, 3.05) is 19.6 Å². The van der Waals surface area contributed by atoms with Gasteiger partial charge in [-0.3, -0.25) is 9.59 Å². The van der Waals surface area contributed by atoms with Crippen LogP contribution in [0.15, 0.2) is 12.2 Å². The molecule has 0 radical (unpaired) electrons. The summed E-state index contributed by atoms with van der Waals surface area (Å²) in [4.78, 5) is 27.3. The van der Waals surface area contributed by atoms with E-state index in [0.29, 0.717) is 34.0 Å². The van der Waals surface area contributed by atoms with Crippen LogP contribution in [-0.4, -0.2) is 47.7 Å². The lowest BCUT2D eigenvalue weighted by Crippen LogP contribution is -2.66. The van der Waals surface area contributed by atoms with E-state index in [4.69, 9.17) is 4.74 Å². The summed E-state index contributed by atoms with van der Waals surface area (Å²) < 4.78 is 6.30. The molecule has 0 heterocycles. The molecule has 280 valence electrons. The number of nitrogens with zero attached hydrogens (tertiary/aromatic N) is 1. The molecular formula is C44H75NO4. The summed E-state index contributed by atoms with van der Waals surface area (Å²) in [6.07, 6.45) is 16.8. The van der Waals surface area contributed by atoms with Gasteiger partial charge in [0.15, 0.2) is 0 Å². The maximum absolute atomic E-state index is 13.2. The van der Waals surface area contributed by atoms with Crippen molar-refractivity contribution in [3.63, 3.8) is 0 Å². The zero-order chi connectivity index (χ0) is 36.2. The molecule has 0 unspecified atom stereocenters. The van der Waals surface area contributed by atoms with E-state index in [1.165, 1.54) is 95.8 Å². The molecule has 5 fully saturated rings. The molecule has 5 saturated carbocycles. The molecule has 0 amide bonds. The van der Waals surface area contributed by atoms with Crippen molar-refractivity contribution in [2.45, 2.75) is 172 Å². The van der Waals surface area contributed by atoms with Crippen molar-refractivity contribution in [1.82, 2.24) is 4.90 Å². The molecule has 5 nitrogen and oxygen atoms in total. The van der Waals surface area contributed by atoms with E-state index in [1.807, 2.05) is 13.8 Å². The van der Waals surface area contributed by atoms with Gasteiger partial charge in [0.1, 0.15) is 6.10 Å². The van der Waals surface area contributed by atoms with Crippen molar-refractivity contribution in [2.24, 2.45) is 62.1 Å². The number of rotatable bonds is 13. The van der Waals surface area contributed by atoms with E-state index in [9.17, 15) is 14.7 Å². The van der Waals surface area contributed by atoms with Gasteiger partial charge in [-0.1, -0.05) is 74.5 Å². The number of carbonyl (C=O) groups is 2. The van der Waals surface area contributed by atoms with Crippen LogP contribution < -0.4 is 0 Å². The molecule has 0 spiro atoms. The fraction of sp³-hybridized carbons (Fsp3) is 0.909. The second-order valence-electron chi connectivity index (χ2n) is 20.3. The highest BCUT2D eigenvalue weighted by Crippen LogP contribution is 2.78. The van der Waals surface area contributed by atoms with Crippen LogP contribution in [0.3, 0.4) is 0 Å². The highest BCUT2D eigenvalue weighted by molar-refractivity contribution is 5.73. The molecule has 5 heteroatoms. The molecule has 5 aliphatic carbocycles. The van der Waals surface area contributed by atoms with Crippen LogP contribution in [0.2, 0.25) is 0 Å². The van der Waals surface area contributed by atoms with E-state index in [2.05, 4.69) is 66.9 Å². The topological polar surface area (TPSA) is 66.8 Å². The number of esters is 1. The highest BCUT2D eigenvalue weighted by atomic mass is 16.5. The van der Waals surface area contributed by atoms with Crippen LogP contribution >= 0.6 is 0 Å². The lowest BCUT2D eigenvalue weighted by atomic mass is 9.32. The summed E-state index contributed by atoms with van der Waals surface area (Å²) in [5, 5.41) is 9.34. The number of fused-ring (bicyclic) bond motifs is 7. The van der Waals surface area contributed by atoms with E-state index < -0.39 is 11.4 Å². The Bertz CT molecular complexity index is 1240. The first-order valence-electron chi connectivity index (χ1n) is 20.6. The fourth-order valence-corrected chi connectivity index (χ4v) is 14.4. The van der Waals surface area contributed by atoms with Gasteiger partial charge in [0.05, 0.1) is 12.8 Å². The monoisotopic (exact) mass is 682 g/mol. The number of carboxylic acid groups (broad SMARTS) is 1. The van der Waals surface area contributed by atoms with Crippen LogP contribution in [0.1, 0.15) is 166 Å². The van der Waals surface area contributed by atoms with E-state index in [1.54, 1.807) is 0 Å². The normalized spacial score (nSPS) is 41.3. The standard InChI is InChI=1S/C44H75NO4/c1-12-26-45(13-2)27-14-20-44-23-17-31(30(3)4)38(44)32-15-16-34-41(9)21-19-35(49-37(48)29-39(5,6)28-36(46)47)40(7,8)33(41)18-22-43(34,11)42(32,10)24-25-44/h31-35,38H,3,12-29H2,1-2,4-11H3,(H,46,47)/t31-,32+,33-,34+,35-,38+,41-,42+,43+,44+/m0/s1. The third-order valence-corrected chi connectivity index (χ3v) is 16.8. The first-order valence-corrected chi connectivity index (χ1v) is 20.6. The molecule has 10 atom stereocenters. The Morgan fingerprint density at radius 3 is 2.20 bits per heavy atom. The first kappa shape index (κ1) is 38.9. The Labute approximate surface area is 301 Å². The van der Waals surface area contributed by atoms with Gasteiger partial charge < -0.3 is 14.7 Å². The SMILES string of the molecule is C=C(C)[C@@H]1CC[C@]2(CCCN(CC)CCC)CC[C@]3(C)[C@H](CC[C@@H]4[C@@]5(C)CC[C@H](OC(=O)CC(C)(C)CC(=O)O)C(C)(C)[C@@H]5CC[C@]43C)[C@@H]12. The Balaban J connectivity index is 1.36. The van der Waals surface area contributed by atoms with Crippen molar-refractivity contribution in [3.8, 4) is 0 Å². The molecule has 0 aromatic carbocycles. The second-order valence-corrected chi connectivity index (χ2v) is 20.3. The van der Waals surface area contributed by atoms with Crippen LogP contribution in [0, 0.1) is 62.1 Å². The predicted molar refractivity (Wildman–Crippen MR) is 201 cm³/mol. The average molecular weight is 682 g/mol. The minimum absolute atomic E-state index is 0.0254. The minimum atomic E-state index is -0.863. The van der Waals surface area contributed by atoms with Gasteiger partial charge >= 0.3 is 11.9 Å². The van der Waals surface area contributed by atoms with Gasteiger partial charge in [-0.05, 0) is 167 Å². The number of allylic oxidation sites excluding steroid dienone is 1. The third kappa shape index (κ3) is 6.72. The highest BCUT2D eigenvalue weighted by Gasteiger charge is 2.71. The van der Waals surface area contributed by atoms with Crippen molar-refractivity contribution < 1.29 is 19.4 Å². The molecule has 0 saturated heterocycles. The van der Waals surface area contributed by atoms with Gasteiger partial charge in [0.2, 0.25) is 0 Å². The summed E-state index contributed by atoms with van der Waals surface area (Å²) >= 11 is 0. The molecule has 49 heavy (non-hydrogen) atoms. The summed E-state index contributed by atoms with van der Waals surface area (Å²) in [7, 11) is 0. The largest absolute Gasteiger partial charge is 0.481 e. The van der Waals surface area contributed by atoms with E-state index in [-0.39, 0.29) is 35.7 Å². The molecule has 0 aromatic rings. The van der Waals surface area contributed by atoms with Crippen molar-refractivity contribution in [1.29, 1.82) is 0 Å². The smallest absolute Gasteiger partial charge is 0.306 e. The number of aliphatic carboxylic acids is 1. The number of carbonyl (C=O) groups excluding carboxylic acids is 1. The zero-order valence-corrected chi connectivity index (χ0v) is 33.5. The summed E-state index contributed by atoms with van der Waals surface area (Å²) in [5.74, 6) is 2.35. The first-order chi connectivity index (χ1) is 22.8. The Morgan fingerprint density at radius 1 is 0.857 bits per heavy atom. The number of hydrogen-bond acceptors (Lipinski definition) is 4. The van der Waals surface area contributed by atoms with Crippen molar-refractivity contribution in [3.05, 3.63) is 12.2 Å². The van der Waals surface area contributed by atoms with Crippen LogP contribution in [-0.2, 0) is 14.3 Å². The van der Waals surface area contributed by atoms with Crippen LogP contribution in [0.25, 0.3) is 0 Å². The van der Waals surface area contributed by atoms with Gasteiger partial charge in [-0.25, -0.2) is 0 Å². The molecule has 5 aliphatic rings. The average Bonchev–Trinajstić information content (AvgIpc) is 3.37. The minimum Gasteiger partial charge on any atom is -0.481 e. The van der Waals surface area contributed by atoms with Gasteiger partial charge in [-0.2, -0.15) is 0 Å². The van der Waals surface area contributed by atoms with Gasteiger partial charge in [-0.15, -0.1) is 0 Å². The van der Waals surface area contributed by atoms with Gasteiger partial charge in [0, 0.05) is 5.41 Å². The zero-order valence-electron chi connectivity index (χ0n) is 33.5. The summed E-state index contributed by atoms with van der Waals surface area (Å²) in [5.41, 5.74) is 2.11. The van der Waals surface area contributed by atoms with E-state index >= 15 is 0 Å². The quantitative estimate of drug-likeness (QED) is 0.155. The maximum atomic E-state index is 13.2. The second kappa shape index (κ2) is 13.9. The Morgan fingerprint density at radius 2 is 1.57 bits per heavy atom. The summed E-state index contributed by atoms with van der Waals surface area (Å²) in [6.45, 7) is 31.8. The number of carboxylic acids is 1.